The summed E-state index contributed by atoms with van der Waals surface area (Å²) < 4.78 is 13.6. The largest absolute Gasteiger partial charge is 0.392 e. The number of aliphatic hydroxyl groups is 1. The van der Waals surface area contributed by atoms with E-state index in [2.05, 4.69) is 36.3 Å². The third-order valence-electron chi connectivity index (χ3n) is 5.99. The lowest BCUT2D eigenvalue weighted by Crippen LogP contribution is -2.46. The predicted octanol–water partition coefficient (Wildman–Crippen LogP) is 5.64. The van der Waals surface area contributed by atoms with Crippen LogP contribution in [-0.2, 0) is 12.0 Å². The number of rotatable bonds is 8. The fourth-order valence-corrected chi connectivity index (χ4v) is 5.36. The van der Waals surface area contributed by atoms with E-state index < -0.39 is 6.10 Å². The highest BCUT2D eigenvalue weighted by atomic mass is 32.1. The van der Waals surface area contributed by atoms with Crippen molar-refractivity contribution in [3.8, 4) is 0 Å². The second-order valence-corrected chi connectivity index (χ2v) is 9.69. The molecule has 1 atom stereocenters. The second-order valence-electron chi connectivity index (χ2n) is 8.75. The maximum absolute atomic E-state index is 13.6. The van der Waals surface area contributed by atoms with Crippen LogP contribution in [0, 0.1) is 12.7 Å². The first-order valence-electron chi connectivity index (χ1n) is 11.2. The summed E-state index contributed by atoms with van der Waals surface area (Å²) in [6.07, 6.45) is 6.96. The van der Waals surface area contributed by atoms with Crippen LogP contribution in [-0.4, -0.2) is 24.8 Å². The molecule has 0 amide bonds. The Morgan fingerprint density at radius 2 is 1.83 bits per heavy atom. The molecular formula is C25H39FN2OS. The zero-order valence-electron chi connectivity index (χ0n) is 19.0. The highest BCUT2D eigenvalue weighted by Crippen LogP contribution is 2.40. The van der Waals surface area contributed by atoms with Crippen molar-refractivity contribution in [3.63, 3.8) is 0 Å². The highest BCUT2D eigenvalue weighted by Gasteiger charge is 2.34. The van der Waals surface area contributed by atoms with Gasteiger partial charge < -0.3 is 16.2 Å². The molecule has 0 spiro atoms. The summed E-state index contributed by atoms with van der Waals surface area (Å²) in [7, 11) is 1.50. The average Bonchev–Trinajstić information content (AvgIpc) is 3.24. The van der Waals surface area contributed by atoms with Gasteiger partial charge in [-0.05, 0) is 85.8 Å². The maximum atomic E-state index is 13.6. The molecule has 1 aliphatic rings. The quantitative estimate of drug-likeness (QED) is 0.504. The first kappa shape index (κ1) is 25.0. The van der Waals surface area contributed by atoms with Crippen LogP contribution in [0.2, 0.25) is 0 Å². The van der Waals surface area contributed by atoms with Gasteiger partial charge >= 0.3 is 0 Å². The average molecular weight is 435 g/mol. The number of hydrogen-bond acceptors (Lipinski definition) is 4. The lowest BCUT2D eigenvalue weighted by atomic mass is 9.77. The van der Waals surface area contributed by atoms with Gasteiger partial charge in [-0.15, -0.1) is 11.3 Å². The predicted molar refractivity (Wildman–Crippen MR) is 127 cm³/mol. The summed E-state index contributed by atoms with van der Waals surface area (Å²) >= 11 is 1.86. The SMILES string of the molecule is CN.Cc1cc(F)cc(CCC(O)CNC2(c3csc(C(C)C)c3)CCCCC2)c1. The Bertz CT molecular complexity index is 748. The van der Waals surface area contributed by atoms with Crippen LogP contribution >= 0.6 is 11.3 Å². The molecule has 4 N–H and O–H groups in total. The van der Waals surface area contributed by atoms with Crippen molar-refractivity contribution in [1.82, 2.24) is 5.32 Å². The van der Waals surface area contributed by atoms with Crippen molar-refractivity contribution < 1.29 is 9.50 Å². The van der Waals surface area contributed by atoms with Crippen LogP contribution in [0.5, 0.6) is 0 Å². The third kappa shape index (κ3) is 6.88. The van der Waals surface area contributed by atoms with E-state index in [0.717, 1.165) is 24.0 Å². The molecule has 1 fully saturated rings. The zero-order valence-corrected chi connectivity index (χ0v) is 19.8. The minimum absolute atomic E-state index is 0.00167. The van der Waals surface area contributed by atoms with Gasteiger partial charge in [0.15, 0.2) is 0 Å². The number of hydrogen-bond donors (Lipinski definition) is 3. The molecule has 3 rings (SSSR count). The van der Waals surface area contributed by atoms with Crippen molar-refractivity contribution in [1.29, 1.82) is 0 Å². The first-order chi connectivity index (χ1) is 14.4. The van der Waals surface area contributed by atoms with Crippen molar-refractivity contribution in [2.75, 3.05) is 13.6 Å². The van der Waals surface area contributed by atoms with Gasteiger partial charge in [0.25, 0.3) is 0 Å². The van der Waals surface area contributed by atoms with E-state index in [4.69, 9.17) is 0 Å². The summed E-state index contributed by atoms with van der Waals surface area (Å²) in [6, 6.07) is 7.50. The molecule has 0 radical (unpaired) electrons. The van der Waals surface area contributed by atoms with Gasteiger partial charge in [-0.25, -0.2) is 4.39 Å². The Kier molecular flexibility index (Phi) is 9.95. The maximum Gasteiger partial charge on any atom is 0.123 e. The van der Waals surface area contributed by atoms with Gasteiger partial charge in [0.1, 0.15) is 5.82 Å². The minimum Gasteiger partial charge on any atom is -0.392 e. The van der Waals surface area contributed by atoms with E-state index in [1.165, 1.54) is 36.8 Å². The minimum atomic E-state index is -0.425. The van der Waals surface area contributed by atoms with Crippen molar-refractivity contribution in [2.24, 2.45) is 5.73 Å². The van der Waals surface area contributed by atoms with E-state index in [-0.39, 0.29) is 11.4 Å². The molecule has 1 aromatic carbocycles. The van der Waals surface area contributed by atoms with Gasteiger partial charge in [0, 0.05) is 17.0 Å². The Morgan fingerprint density at radius 3 is 2.43 bits per heavy atom. The molecule has 0 bridgehead atoms. The number of thiophene rings is 1. The summed E-state index contributed by atoms with van der Waals surface area (Å²) in [5.74, 6) is 0.363. The molecule has 1 aliphatic carbocycles. The fourth-order valence-electron chi connectivity index (χ4n) is 4.33. The van der Waals surface area contributed by atoms with Crippen molar-refractivity contribution in [3.05, 3.63) is 57.0 Å². The van der Waals surface area contributed by atoms with Crippen molar-refractivity contribution >= 4 is 11.3 Å². The molecule has 0 saturated heterocycles. The normalized spacial score (nSPS) is 16.8. The topological polar surface area (TPSA) is 58.3 Å². The molecule has 1 saturated carbocycles. The molecule has 168 valence electrons. The lowest BCUT2D eigenvalue weighted by Gasteiger charge is -2.39. The monoisotopic (exact) mass is 434 g/mol. The van der Waals surface area contributed by atoms with Gasteiger partial charge in [-0.2, -0.15) is 0 Å². The van der Waals surface area contributed by atoms with Gasteiger partial charge in [0.2, 0.25) is 0 Å². The van der Waals surface area contributed by atoms with E-state index in [0.29, 0.717) is 25.3 Å². The third-order valence-corrected chi connectivity index (χ3v) is 7.23. The molecule has 0 aliphatic heterocycles. The summed E-state index contributed by atoms with van der Waals surface area (Å²) in [6.45, 7) is 6.98. The molecule has 3 nitrogen and oxygen atoms in total. The van der Waals surface area contributed by atoms with Crippen LogP contribution < -0.4 is 11.1 Å². The number of aryl methyl sites for hydroxylation is 2. The van der Waals surface area contributed by atoms with Crippen LogP contribution in [0.1, 0.15) is 79.9 Å². The lowest BCUT2D eigenvalue weighted by molar-refractivity contribution is 0.132. The van der Waals surface area contributed by atoms with E-state index in [1.54, 1.807) is 12.1 Å². The Balaban J connectivity index is 0.00000155. The van der Waals surface area contributed by atoms with Gasteiger partial charge in [0.05, 0.1) is 6.10 Å². The van der Waals surface area contributed by atoms with Gasteiger partial charge in [-0.3, -0.25) is 0 Å². The van der Waals surface area contributed by atoms with Crippen LogP contribution in [0.3, 0.4) is 0 Å². The highest BCUT2D eigenvalue weighted by molar-refractivity contribution is 7.10. The van der Waals surface area contributed by atoms with Crippen LogP contribution in [0.15, 0.2) is 29.6 Å². The standard InChI is InChI=1S/C24H34FNOS.CH5N/c1-17(2)23-14-20(16-28-23)24(9-5-4-6-10-24)26-15-22(27)8-7-19-11-18(3)12-21(25)13-19;1-2/h11-14,16-17,22,26-27H,4-10,15H2,1-3H3;2H2,1H3. The number of aliphatic hydroxyl groups excluding tert-OH is 1. The fraction of sp³-hybridized carbons (Fsp3) is 0.600. The summed E-state index contributed by atoms with van der Waals surface area (Å²) in [5, 5.41) is 16.6. The summed E-state index contributed by atoms with van der Waals surface area (Å²) in [4.78, 5) is 1.43. The Labute approximate surface area is 185 Å². The number of benzene rings is 1. The number of nitrogens with one attached hydrogen (secondary N) is 1. The van der Waals surface area contributed by atoms with Crippen LogP contribution in [0.4, 0.5) is 4.39 Å². The Morgan fingerprint density at radius 1 is 1.13 bits per heavy atom. The summed E-state index contributed by atoms with van der Waals surface area (Å²) in [5.41, 5.74) is 7.79. The van der Waals surface area contributed by atoms with Gasteiger partial charge in [-0.1, -0.05) is 39.2 Å². The van der Waals surface area contributed by atoms with E-state index in [9.17, 15) is 9.50 Å². The zero-order chi connectivity index (χ0) is 22.1. The smallest absolute Gasteiger partial charge is 0.123 e. The number of nitrogens with two attached hydrogens (primary N) is 1. The molecule has 1 aromatic heterocycles. The first-order valence-corrected chi connectivity index (χ1v) is 12.1. The van der Waals surface area contributed by atoms with E-state index in [1.807, 2.05) is 24.3 Å². The molecule has 30 heavy (non-hydrogen) atoms. The molecule has 1 unspecified atom stereocenters. The van der Waals surface area contributed by atoms with Crippen LogP contribution in [0.25, 0.3) is 0 Å². The Hall–Kier alpha value is -1.27. The number of halogens is 1. The van der Waals surface area contributed by atoms with Crippen molar-refractivity contribution in [2.45, 2.75) is 83.3 Å². The molecule has 5 heteroatoms. The molecular weight excluding hydrogens is 395 g/mol. The second kappa shape index (κ2) is 11.9. The molecule has 2 aromatic rings. The van der Waals surface area contributed by atoms with E-state index >= 15 is 0 Å². The molecule has 1 heterocycles.